The van der Waals surface area contributed by atoms with Gasteiger partial charge in [-0.15, -0.1) is 11.3 Å². The van der Waals surface area contributed by atoms with Crippen LogP contribution in [0.15, 0.2) is 29.6 Å². The first-order chi connectivity index (χ1) is 15.2. The highest BCUT2D eigenvalue weighted by Crippen LogP contribution is 2.30. The largest absolute Gasteiger partial charge is 0.339 e. The molecule has 2 amide bonds. The van der Waals surface area contributed by atoms with E-state index >= 15 is 0 Å². The number of pyridine rings is 1. The van der Waals surface area contributed by atoms with Crippen molar-refractivity contribution in [3.05, 3.63) is 51.7 Å². The summed E-state index contributed by atoms with van der Waals surface area (Å²) in [5.41, 5.74) is 8.82. The summed E-state index contributed by atoms with van der Waals surface area (Å²) in [5, 5.41) is 10.4. The maximum atomic E-state index is 13.4. The van der Waals surface area contributed by atoms with Gasteiger partial charge in [0.2, 0.25) is 0 Å². The molecule has 8 nitrogen and oxygen atoms in total. The Morgan fingerprint density at radius 1 is 1.22 bits per heavy atom. The van der Waals surface area contributed by atoms with Crippen LogP contribution in [0.1, 0.15) is 31.0 Å². The van der Waals surface area contributed by atoms with Crippen LogP contribution in [0.4, 0.5) is 20.8 Å². The number of nitrogens with one attached hydrogen (secondary N) is 3. The van der Waals surface area contributed by atoms with Crippen LogP contribution in [0.25, 0.3) is 21.6 Å². The Labute approximate surface area is 192 Å². The number of fused-ring (bicyclic) bond motifs is 1. The molecule has 4 rings (SSSR count). The van der Waals surface area contributed by atoms with Crippen LogP contribution in [-0.2, 0) is 7.05 Å². The van der Waals surface area contributed by atoms with Crippen molar-refractivity contribution in [3.8, 4) is 10.6 Å². The Bertz CT molecular complexity index is 1320. The van der Waals surface area contributed by atoms with Crippen LogP contribution >= 0.6 is 22.9 Å². The number of amides is 2. The summed E-state index contributed by atoms with van der Waals surface area (Å²) in [6.45, 7) is 6.15. The van der Waals surface area contributed by atoms with Crippen molar-refractivity contribution in [2.24, 2.45) is 7.05 Å². The van der Waals surface area contributed by atoms with Crippen molar-refractivity contribution in [3.63, 3.8) is 0 Å². The van der Waals surface area contributed by atoms with Crippen molar-refractivity contribution >= 4 is 51.6 Å². The summed E-state index contributed by atoms with van der Waals surface area (Å²) >= 11 is 7.14. The third-order valence-corrected chi connectivity index (χ3v) is 6.02. The quantitative estimate of drug-likeness (QED) is 0.334. The van der Waals surface area contributed by atoms with Gasteiger partial charge in [-0.05, 0) is 42.7 Å². The fourth-order valence-corrected chi connectivity index (χ4v) is 4.29. The number of hydrogen-bond acceptors (Lipinski definition) is 6. The molecule has 3 N–H and O–H groups in total. The van der Waals surface area contributed by atoms with Crippen LogP contribution in [0.5, 0.6) is 0 Å². The Kier molecular flexibility index (Phi) is 5.98. The molecule has 3 heterocycles. The molecule has 3 aromatic heterocycles. The molecule has 4 aromatic rings. The number of hydrazine groups is 1. The monoisotopic (exact) mass is 473 g/mol. The van der Waals surface area contributed by atoms with Crippen LogP contribution in [0.3, 0.4) is 0 Å². The molecule has 0 fully saturated rings. The van der Waals surface area contributed by atoms with E-state index in [1.165, 1.54) is 23.5 Å². The van der Waals surface area contributed by atoms with E-state index in [0.717, 1.165) is 22.3 Å². The zero-order valence-corrected chi connectivity index (χ0v) is 19.4. The standard InChI is InChI=1S/C21H21ClFN7OS/c1-10(2)13-8-16(24-19-18(13)11(3)29-30(19)4)27-28-21(31)26-17-9-32-20(25-17)12-5-6-15(23)14(22)7-12/h5-10H,1-4H3,(H,24,27)(H2,26,28,31). The molecule has 0 bridgehead atoms. The van der Waals surface area contributed by atoms with Gasteiger partial charge in [0, 0.05) is 23.4 Å². The van der Waals surface area contributed by atoms with Crippen molar-refractivity contribution in [1.29, 1.82) is 0 Å². The molecule has 0 aliphatic carbocycles. The van der Waals surface area contributed by atoms with E-state index in [9.17, 15) is 9.18 Å². The first kappa shape index (κ1) is 22.0. The first-order valence-electron chi connectivity index (χ1n) is 9.81. The average molecular weight is 474 g/mol. The minimum Gasteiger partial charge on any atom is -0.290 e. The van der Waals surface area contributed by atoms with Crippen molar-refractivity contribution in [2.75, 3.05) is 10.7 Å². The molecule has 0 spiro atoms. The van der Waals surface area contributed by atoms with Gasteiger partial charge in [-0.25, -0.2) is 24.6 Å². The number of thiazole rings is 1. The number of hydrogen-bond donors (Lipinski definition) is 3. The highest BCUT2D eigenvalue weighted by Gasteiger charge is 2.16. The molecule has 166 valence electrons. The van der Waals surface area contributed by atoms with Gasteiger partial charge in [0.25, 0.3) is 0 Å². The Morgan fingerprint density at radius 2 is 2.00 bits per heavy atom. The minimum atomic E-state index is -0.506. The summed E-state index contributed by atoms with van der Waals surface area (Å²) in [7, 11) is 1.84. The third kappa shape index (κ3) is 4.37. The average Bonchev–Trinajstić information content (AvgIpc) is 3.32. The lowest BCUT2D eigenvalue weighted by molar-refractivity contribution is 0.253. The SMILES string of the molecule is Cc1nn(C)c2nc(NNC(=O)Nc3csc(-c4ccc(F)c(Cl)c4)n3)cc(C(C)C)c12. The Morgan fingerprint density at radius 3 is 2.72 bits per heavy atom. The van der Waals surface area contributed by atoms with Gasteiger partial charge in [0.1, 0.15) is 22.5 Å². The molecule has 0 unspecified atom stereocenters. The third-order valence-electron chi connectivity index (χ3n) is 4.84. The highest BCUT2D eigenvalue weighted by atomic mass is 35.5. The number of aryl methyl sites for hydroxylation is 2. The Hall–Kier alpha value is -3.24. The van der Waals surface area contributed by atoms with Crippen LogP contribution in [-0.4, -0.2) is 25.8 Å². The molecular weight excluding hydrogens is 453 g/mol. The number of aromatic nitrogens is 4. The summed E-state index contributed by atoms with van der Waals surface area (Å²) in [6.07, 6.45) is 0. The molecule has 0 saturated carbocycles. The second kappa shape index (κ2) is 8.71. The van der Waals surface area contributed by atoms with Crippen molar-refractivity contribution in [1.82, 2.24) is 25.2 Å². The highest BCUT2D eigenvalue weighted by molar-refractivity contribution is 7.13. The molecule has 11 heteroatoms. The van der Waals surface area contributed by atoms with Gasteiger partial charge in [-0.3, -0.25) is 15.4 Å². The zero-order valence-electron chi connectivity index (χ0n) is 17.8. The maximum Gasteiger partial charge on any atom is 0.339 e. The van der Waals surface area contributed by atoms with Gasteiger partial charge in [0.05, 0.1) is 10.7 Å². The van der Waals surface area contributed by atoms with Crippen LogP contribution in [0.2, 0.25) is 5.02 Å². The first-order valence-corrected chi connectivity index (χ1v) is 11.1. The molecule has 0 aliphatic heterocycles. The number of rotatable bonds is 5. The van der Waals surface area contributed by atoms with E-state index in [1.54, 1.807) is 16.1 Å². The molecule has 0 radical (unpaired) electrons. The van der Waals surface area contributed by atoms with Gasteiger partial charge < -0.3 is 0 Å². The lowest BCUT2D eigenvalue weighted by Crippen LogP contribution is -2.34. The summed E-state index contributed by atoms with van der Waals surface area (Å²) in [5.74, 6) is 0.619. The predicted molar refractivity (Wildman–Crippen MR) is 126 cm³/mol. The van der Waals surface area contributed by atoms with Gasteiger partial charge in [-0.2, -0.15) is 5.10 Å². The molecule has 0 atom stereocenters. The number of urea groups is 1. The number of carbonyl (C=O) groups is 1. The molecule has 32 heavy (non-hydrogen) atoms. The van der Waals surface area contributed by atoms with Crippen molar-refractivity contribution in [2.45, 2.75) is 26.7 Å². The normalized spacial score (nSPS) is 11.2. The van der Waals surface area contributed by atoms with E-state index < -0.39 is 11.8 Å². The zero-order chi connectivity index (χ0) is 23.0. The van der Waals surface area contributed by atoms with Gasteiger partial charge in [0.15, 0.2) is 5.65 Å². The minimum absolute atomic E-state index is 0.0167. The topological polar surface area (TPSA) is 96.8 Å². The summed E-state index contributed by atoms with van der Waals surface area (Å²) < 4.78 is 15.1. The van der Waals surface area contributed by atoms with E-state index in [4.69, 9.17) is 11.6 Å². The summed E-state index contributed by atoms with van der Waals surface area (Å²) in [4.78, 5) is 21.3. The van der Waals surface area contributed by atoms with Crippen molar-refractivity contribution < 1.29 is 9.18 Å². The maximum absolute atomic E-state index is 13.4. The number of anilines is 2. The second-order valence-electron chi connectivity index (χ2n) is 7.53. The van der Waals surface area contributed by atoms with Crippen LogP contribution in [0, 0.1) is 12.7 Å². The predicted octanol–water partition coefficient (Wildman–Crippen LogP) is 5.46. The number of carbonyl (C=O) groups excluding carboxylic acids is 1. The number of halogens is 2. The number of benzene rings is 1. The Balaban J connectivity index is 1.45. The van der Waals surface area contributed by atoms with E-state index in [1.807, 2.05) is 20.0 Å². The van der Waals surface area contributed by atoms with Gasteiger partial charge in [-0.1, -0.05) is 25.4 Å². The molecule has 0 aliphatic rings. The second-order valence-corrected chi connectivity index (χ2v) is 8.80. The summed E-state index contributed by atoms with van der Waals surface area (Å²) in [6, 6.07) is 5.76. The fourth-order valence-electron chi connectivity index (χ4n) is 3.36. The lowest BCUT2D eigenvalue weighted by atomic mass is 10.00. The van der Waals surface area contributed by atoms with E-state index in [-0.39, 0.29) is 10.9 Å². The van der Waals surface area contributed by atoms with E-state index in [0.29, 0.717) is 22.2 Å². The molecule has 0 saturated heterocycles. The van der Waals surface area contributed by atoms with E-state index in [2.05, 4.69) is 45.1 Å². The van der Waals surface area contributed by atoms with Crippen LogP contribution < -0.4 is 16.2 Å². The van der Waals surface area contributed by atoms with Gasteiger partial charge >= 0.3 is 6.03 Å². The number of nitrogens with zero attached hydrogens (tertiary/aromatic N) is 4. The lowest BCUT2D eigenvalue weighted by Gasteiger charge is -2.13. The molecule has 1 aromatic carbocycles. The molecular formula is C21H21ClFN7OS. The fraction of sp³-hybridized carbons (Fsp3) is 0.238. The smallest absolute Gasteiger partial charge is 0.290 e.